The van der Waals surface area contributed by atoms with Gasteiger partial charge >= 0.3 is 0 Å². The summed E-state index contributed by atoms with van der Waals surface area (Å²) in [6.07, 6.45) is 1.51. The van der Waals surface area contributed by atoms with Gasteiger partial charge in [0, 0.05) is 6.42 Å². The third-order valence-electron chi connectivity index (χ3n) is 3.23. The van der Waals surface area contributed by atoms with Crippen molar-refractivity contribution in [3.63, 3.8) is 0 Å². The molecule has 0 aliphatic carbocycles. The van der Waals surface area contributed by atoms with Crippen molar-refractivity contribution in [2.45, 2.75) is 46.1 Å². The van der Waals surface area contributed by atoms with Gasteiger partial charge in [-0.3, -0.25) is 0 Å². The van der Waals surface area contributed by atoms with Gasteiger partial charge < -0.3 is 10.4 Å². The highest BCUT2D eigenvalue weighted by molar-refractivity contribution is 5.26. The molecule has 0 aliphatic heterocycles. The Kier molecular flexibility index (Phi) is 5.83. The highest BCUT2D eigenvalue weighted by Gasteiger charge is 2.21. The van der Waals surface area contributed by atoms with E-state index in [1.807, 2.05) is 19.1 Å². The van der Waals surface area contributed by atoms with Crippen LogP contribution < -0.4 is 5.32 Å². The lowest BCUT2D eigenvalue weighted by Gasteiger charge is -2.24. The van der Waals surface area contributed by atoms with Crippen LogP contribution in [-0.2, 0) is 6.42 Å². The molecule has 1 aromatic carbocycles. The van der Waals surface area contributed by atoms with Gasteiger partial charge in [-0.25, -0.2) is 0 Å². The lowest BCUT2D eigenvalue weighted by Crippen LogP contribution is -2.33. The second-order valence-electron chi connectivity index (χ2n) is 5.95. The molecular weight excluding hydrogens is 222 g/mol. The molecule has 2 N–H and O–H groups in total. The molecule has 0 radical (unpaired) electrons. The number of hydrogen-bond acceptors (Lipinski definition) is 2. The van der Waals surface area contributed by atoms with Gasteiger partial charge in [0.05, 0.1) is 5.60 Å². The second kappa shape index (κ2) is 6.91. The third-order valence-corrected chi connectivity index (χ3v) is 3.23. The smallest absolute Gasteiger partial charge is 0.0672 e. The predicted octanol–water partition coefficient (Wildman–Crippen LogP) is 2.92. The van der Waals surface area contributed by atoms with E-state index in [1.165, 1.54) is 11.1 Å². The summed E-state index contributed by atoms with van der Waals surface area (Å²) in [6.45, 7) is 10.3. The molecule has 0 saturated carbocycles. The van der Waals surface area contributed by atoms with Crippen LogP contribution in [0.15, 0.2) is 24.3 Å². The van der Waals surface area contributed by atoms with Gasteiger partial charge in [-0.15, -0.1) is 0 Å². The minimum atomic E-state index is -0.629. The number of nitrogens with one attached hydrogen (secondary N) is 1. The van der Waals surface area contributed by atoms with Crippen LogP contribution in [0, 0.1) is 12.8 Å². The maximum Gasteiger partial charge on any atom is 0.0672 e. The first-order chi connectivity index (χ1) is 8.41. The molecule has 0 spiro atoms. The molecule has 2 heteroatoms. The average molecular weight is 249 g/mol. The Bertz CT molecular complexity index is 358. The van der Waals surface area contributed by atoms with E-state index >= 15 is 0 Å². The molecule has 0 aromatic heterocycles. The van der Waals surface area contributed by atoms with Crippen molar-refractivity contribution >= 4 is 0 Å². The maximum absolute atomic E-state index is 10.4. The summed E-state index contributed by atoms with van der Waals surface area (Å²) >= 11 is 0. The number of aliphatic hydroxyl groups is 1. The van der Waals surface area contributed by atoms with Crippen LogP contribution in [0.25, 0.3) is 0 Å². The molecule has 2 nitrogen and oxygen atoms in total. The topological polar surface area (TPSA) is 32.3 Å². The zero-order valence-corrected chi connectivity index (χ0v) is 12.2. The molecule has 0 heterocycles. The quantitative estimate of drug-likeness (QED) is 0.728. The zero-order valence-electron chi connectivity index (χ0n) is 12.2. The summed E-state index contributed by atoms with van der Waals surface area (Å²) in [4.78, 5) is 0. The van der Waals surface area contributed by atoms with Crippen molar-refractivity contribution in [2.75, 3.05) is 13.1 Å². The fraction of sp³-hybridized carbons (Fsp3) is 0.625. The minimum Gasteiger partial charge on any atom is -0.390 e. The Morgan fingerprint density at radius 3 is 2.56 bits per heavy atom. The molecule has 1 aromatic rings. The zero-order chi connectivity index (χ0) is 13.6. The van der Waals surface area contributed by atoms with E-state index < -0.39 is 5.60 Å². The molecule has 0 bridgehead atoms. The van der Waals surface area contributed by atoms with Crippen LogP contribution in [-0.4, -0.2) is 23.8 Å². The Balaban J connectivity index is 2.42. The molecule has 0 amide bonds. The molecule has 0 aliphatic rings. The molecule has 1 unspecified atom stereocenters. The van der Waals surface area contributed by atoms with Gasteiger partial charge in [-0.2, -0.15) is 0 Å². The van der Waals surface area contributed by atoms with E-state index in [0.717, 1.165) is 25.9 Å². The van der Waals surface area contributed by atoms with Crippen molar-refractivity contribution < 1.29 is 5.11 Å². The van der Waals surface area contributed by atoms with E-state index in [9.17, 15) is 5.11 Å². The largest absolute Gasteiger partial charge is 0.390 e. The summed E-state index contributed by atoms with van der Waals surface area (Å²) in [5.74, 6) is 0.659. The van der Waals surface area contributed by atoms with Gasteiger partial charge in [-0.05, 0) is 50.4 Å². The first kappa shape index (κ1) is 15.2. The van der Waals surface area contributed by atoms with Crippen molar-refractivity contribution in [2.24, 2.45) is 5.92 Å². The van der Waals surface area contributed by atoms with Crippen molar-refractivity contribution in [1.82, 2.24) is 5.32 Å². The first-order valence-corrected chi connectivity index (χ1v) is 6.88. The van der Waals surface area contributed by atoms with E-state index in [1.54, 1.807) is 0 Å². The second-order valence-corrected chi connectivity index (χ2v) is 5.95. The summed E-state index contributed by atoms with van der Waals surface area (Å²) in [5.41, 5.74) is 1.87. The van der Waals surface area contributed by atoms with E-state index in [0.29, 0.717) is 5.92 Å². The van der Waals surface area contributed by atoms with Gasteiger partial charge in [0.1, 0.15) is 0 Å². The van der Waals surface area contributed by atoms with Gasteiger partial charge in [0.15, 0.2) is 0 Å². The number of aryl methyl sites for hydroxylation is 1. The Hall–Kier alpha value is -0.860. The van der Waals surface area contributed by atoms with Crippen LogP contribution in [0.4, 0.5) is 0 Å². The molecule has 1 atom stereocenters. The monoisotopic (exact) mass is 249 g/mol. The van der Waals surface area contributed by atoms with Crippen LogP contribution in [0.1, 0.15) is 38.3 Å². The molecule has 0 fully saturated rings. The molecular formula is C16H27NO. The highest BCUT2D eigenvalue weighted by Crippen LogP contribution is 2.19. The van der Waals surface area contributed by atoms with Crippen LogP contribution in [0.5, 0.6) is 0 Å². The van der Waals surface area contributed by atoms with E-state index in [2.05, 4.69) is 38.2 Å². The Labute approximate surface area is 111 Å². The normalized spacial score (nSPS) is 14.8. The van der Waals surface area contributed by atoms with Gasteiger partial charge in [0.2, 0.25) is 0 Å². The standard InChI is InChI=1S/C16H27NO/c1-13(2)12-17-10-9-16(4,18)11-15-8-6-5-7-14(15)3/h5-8,13,17-18H,9-12H2,1-4H3. The molecule has 18 heavy (non-hydrogen) atoms. The minimum absolute atomic E-state index is 0.629. The van der Waals surface area contributed by atoms with Crippen molar-refractivity contribution in [1.29, 1.82) is 0 Å². The number of rotatable bonds is 7. The van der Waals surface area contributed by atoms with Crippen LogP contribution in [0.2, 0.25) is 0 Å². The number of hydrogen-bond donors (Lipinski definition) is 2. The van der Waals surface area contributed by atoms with E-state index in [4.69, 9.17) is 0 Å². The molecule has 1 rings (SSSR count). The highest BCUT2D eigenvalue weighted by atomic mass is 16.3. The van der Waals surface area contributed by atoms with Gasteiger partial charge in [0.25, 0.3) is 0 Å². The van der Waals surface area contributed by atoms with Crippen molar-refractivity contribution in [3.8, 4) is 0 Å². The Morgan fingerprint density at radius 2 is 1.94 bits per heavy atom. The summed E-state index contributed by atoms with van der Waals surface area (Å²) in [5, 5.41) is 13.8. The van der Waals surface area contributed by atoms with Crippen LogP contribution >= 0.6 is 0 Å². The summed E-state index contributed by atoms with van der Waals surface area (Å²) in [7, 11) is 0. The Morgan fingerprint density at radius 1 is 1.28 bits per heavy atom. The predicted molar refractivity (Wildman–Crippen MR) is 77.8 cm³/mol. The molecule has 102 valence electrons. The third kappa shape index (κ3) is 5.65. The summed E-state index contributed by atoms with van der Waals surface area (Å²) in [6, 6.07) is 8.28. The van der Waals surface area contributed by atoms with Gasteiger partial charge in [-0.1, -0.05) is 38.1 Å². The van der Waals surface area contributed by atoms with Crippen molar-refractivity contribution in [3.05, 3.63) is 35.4 Å². The SMILES string of the molecule is Cc1ccccc1CC(C)(O)CCNCC(C)C. The van der Waals surface area contributed by atoms with E-state index in [-0.39, 0.29) is 0 Å². The fourth-order valence-corrected chi connectivity index (χ4v) is 2.06. The first-order valence-electron chi connectivity index (χ1n) is 6.88. The number of benzene rings is 1. The maximum atomic E-state index is 10.4. The molecule has 0 saturated heterocycles. The fourth-order valence-electron chi connectivity index (χ4n) is 2.06. The summed E-state index contributed by atoms with van der Waals surface area (Å²) < 4.78 is 0. The lowest BCUT2D eigenvalue weighted by atomic mass is 9.91. The van der Waals surface area contributed by atoms with Crippen LogP contribution in [0.3, 0.4) is 0 Å². The average Bonchev–Trinajstić information content (AvgIpc) is 2.27. The lowest BCUT2D eigenvalue weighted by molar-refractivity contribution is 0.0512.